The standard InChI is InChI=1S/C11H18N2O2/c1-4-8(14)7(2)9-12-10(13-15-9)11(3)5-6-11/h7-8,14H,4-6H2,1-3H3. The van der Waals surface area contributed by atoms with Crippen LogP contribution in [0.1, 0.15) is 57.7 Å². The summed E-state index contributed by atoms with van der Waals surface area (Å²) in [5.41, 5.74) is 0.138. The second-order valence-corrected chi connectivity index (χ2v) is 4.78. The van der Waals surface area contributed by atoms with E-state index in [0.29, 0.717) is 12.3 Å². The van der Waals surface area contributed by atoms with Crippen LogP contribution in [-0.2, 0) is 5.41 Å². The summed E-state index contributed by atoms with van der Waals surface area (Å²) in [6, 6.07) is 0. The zero-order chi connectivity index (χ0) is 11.1. The number of hydrogen-bond acceptors (Lipinski definition) is 4. The minimum Gasteiger partial charge on any atom is -0.392 e. The van der Waals surface area contributed by atoms with Gasteiger partial charge < -0.3 is 9.63 Å². The van der Waals surface area contributed by atoms with Crippen LogP contribution in [-0.4, -0.2) is 21.4 Å². The fraction of sp³-hybridized carbons (Fsp3) is 0.818. The zero-order valence-electron chi connectivity index (χ0n) is 9.53. The maximum atomic E-state index is 9.68. The van der Waals surface area contributed by atoms with Gasteiger partial charge in [-0.15, -0.1) is 0 Å². The number of nitrogens with zero attached hydrogens (tertiary/aromatic N) is 2. The summed E-state index contributed by atoms with van der Waals surface area (Å²) in [4.78, 5) is 4.38. The normalized spacial score (nSPS) is 22.4. The summed E-state index contributed by atoms with van der Waals surface area (Å²) < 4.78 is 5.19. The van der Waals surface area contributed by atoms with E-state index >= 15 is 0 Å². The molecule has 1 heterocycles. The Kier molecular flexibility index (Phi) is 2.54. The highest BCUT2D eigenvalue weighted by Gasteiger charge is 2.43. The maximum absolute atomic E-state index is 9.68. The summed E-state index contributed by atoms with van der Waals surface area (Å²) in [6.07, 6.45) is 2.58. The van der Waals surface area contributed by atoms with E-state index < -0.39 is 6.10 Å². The third kappa shape index (κ3) is 1.91. The zero-order valence-corrected chi connectivity index (χ0v) is 9.53. The smallest absolute Gasteiger partial charge is 0.232 e. The molecule has 1 aliphatic carbocycles. The first-order chi connectivity index (χ1) is 7.07. The van der Waals surface area contributed by atoms with Crippen molar-refractivity contribution in [1.82, 2.24) is 10.1 Å². The summed E-state index contributed by atoms with van der Waals surface area (Å²) in [6.45, 7) is 6.00. The maximum Gasteiger partial charge on any atom is 0.232 e. The fourth-order valence-electron chi connectivity index (χ4n) is 1.59. The van der Waals surface area contributed by atoms with Gasteiger partial charge in [0.25, 0.3) is 0 Å². The molecule has 2 rings (SSSR count). The van der Waals surface area contributed by atoms with Gasteiger partial charge in [-0.3, -0.25) is 0 Å². The lowest BCUT2D eigenvalue weighted by molar-refractivity contribution is 0.129. The van der Waals surface area contributed by atoms with Crippen molar-refractivity contribution in [3.8, 4) is 0 Å². The number of rotatable bonds is 4. The topological polar surface area (TPSA) is 59.2 Å². The molecule has 0 aromatic carbocycles. The van der Waals surface area contributed by atoms with E-state index in [2.05, 4.69) is 17.1 Å². The predicted molar refractivity (Wildman–Crippen MR) is 55.6 cm³/mol. The fourth-order valence-corrected chi connectivity index (χ4v) is 1.59. The van der Waals surface area contributed by atoms with Crippen LogP contribution in [0.25, 0.3) is 0 Å². The van der Waals surface area contributed by atoms with Crippen LogP contribution < -0.4 is 0 Å². The van der Waals surface area contributed by atoms with Crippen LogP contribution in [0, 0.1) is 0 Å². The minimum atomic E-state index is -0.398. The Morgan fingerprint density at radius 2 is 2.20 bits per heavy atom. The van der Waals surface area contributed by atoms with E-state index in [-0.39, 0.29) is 11.3 Å². The molecule has 0 saturated heterocycles. The van der Waals surface area contributed by atoms with Gasteiger partial charge in [0.2, 0.25) is 5.89 Å². The first-order valence-corrected chi connectivity index (χ1v) is 5.59. The van der Waals surface area contributed by atoms with Gasteiger partial charge in [-0.2, -0.15) is 4.98 Å². The second-order valence-electron chi connectivity index (χ2n) is 4.78. The molecular formula is C11H18N2O2. The van der Waals surface area contributed by atoms with Crippen molar-refractivity contribution in [1.29, 1.82) is 0 Å². The molecular weight excluding hydrogens is 192 g/mol. The van der Waals surface area contributed by atoms with E-state index in [9.17, 15) is 5.11 Å². The van der Waals surface area contributed by atoms with Crippen LogP contribution in [0.3, 0.4) is 0 Å². The molecule has 0 aliphatic heterocycles. The van der Waals surface area contributed by atoms with E-state index in [4.69, 9.17) is 4.52 Å². The van der Waals surface area contributed by atoms with Crippen LogP contribution in [0.4, 0.5) is 0 Å². The van der Waals surface area contributed by atoms with Gasteiger partial charge in [0.15, 0.2) is 5.82 Å². The average Bonchev–Trinajstić information content (AvgIpc) is 2.83. The molecule has 1 aromatic rings. The van der Waals surface area contributed by atoms with Crippen molar-refractivity contribution in [2.75, 3.05) is 0 Å². The monoisotopic (exact) mass is 210 g/mol. The van der Waals surface area contributed by atoms with E-state index in [1.165, 1.54) is 0 Å². The summed E-state index contributed by atoms with van der Waals surface area (Å²) in [7, 11) is 0. The Bertz CT molecular complexity index is 344. The Hall–Kier alpha value is -0.900. The van der Waals surface area contributed by atoms with Gasteiger partial charge in [0, 0.05) is 5.41 Å². The van der Waals surface area contributed by atoms with E-state index in [0.717, 1.165) is 18.7 Å². The highest BCUT2D eigenvalue weighted by atomic mass is 16.5. The van der Waals surface area contributed by atoms with Crippen molar-refractivity contribution in [3.63, 3.8) is 0 Å². The molecule has 0 radical (unpaired) electrons. The van der Waals surface area contributed by atoms with Gasteiger partial charge in [0.1, 0.15) is 0 Å². The molecule has 1 aromatic heterocycles. The van der Waals surface area contributed by atoms with Gasteiger partial charge >= 0.3 is 0 Å². The highest BCUT2D eigenvalue weighted by Crippen LogP contribution is 2.46. The van der Waals surface area contributed by atoms with Crippen LogP contribution in [0.15, 0.2) is 4.52 Å². The molecule has 4 nitrogen and oxygen atoms in total. The molecule has 15 heavy (non-hydrogen) atoms. The first-order valence-electron chi connectivity index (χ1n) is 5.59. The van der Waals surface area contributed by atoms with Crippen molar-refractivity contribution in [2.24, 2.45) is 0 Å². The lowest BCUT2D eigenvalue weighted by atomic mass is 10.0. The molecule has 1 N–H and O–H groups in total. The molecule has 2 unspecified atom stereocenters. The highest BCUT2D eigenvalue weighted by molar-refractivity contribution is 5.15. The van der Waals surface area contributed by atoms with Crippen molar-refractivity contribution >= 4 is 0 Å². The number of aliphatic hydroxyl groups excluding tert-OH is 1. The molecule has 1 saturated carbocycles. The SMILES string of the molecule is CCC(O)C(C)c1nc(C2(C)CC2)no1. The molecule has 1 fully saturated rings. The lowest BCUT2D eigenvalue weighted by Crippen LogP contribution is -2.15. The summed E-state index contributed by atoms with van der Waals surface area (Å²) in [5.74, 6) is 1.29. The minimum absolute atomic E-state index is 0.0707. The van der Waals surface area contributed by atoms with Gasteiger partial charge in [0.05, 0.1) is 12.0 Å². The summed E-state index contributed by atoms with van der Waals surface area (Å²) >= 11 is 0. The largest absolute Gasteiger partial charge is 0.392 e. The molecule has 1 aliphatic rings. The molecule has 0 bridgehead atoms. The van der Waals surface area contributed by atoms with Crippen LogP contribution in [0.2, 0.25) is 0 Å². The van der Waals surface area contributed by atoms with Crippen LogP contribution >= 0.6 is 0 Å². The van der Waals surface area contributed by atoms with E-state index in [1.54, 1.807) is 0 Å². The Morgan fingerprint density at radius 3 is 2.73 bits per heavy atom. The predicted octanol–water partition coefficient (Wildman–Crippen LogP) is 2.00. The Labute approximate surface area is 89.7 Å². The lowest BCUT2D eigenvalue weighted by Gasteiger charge is -2.12. The number of aliphatic hydroxyl groups is 1. The van der Waals surface area contributed by atoms with Crippen molar-refractivity contribution < 1.29 is 9.63 Å². The number of aromatic nitrogens is 2. The quantitative estimate of drug-likeness (QED) is 0.825. The van der Waals surface area contributed by atoms with Crippen molar-refractivity contribution in [3.05, 3.63) is 11.7 Å². The molecule has 0 amide bonds. The molecule has 84 valence electrons. The Morgan fingerprint density at radius 1 is 1.53 bits per heavy atom. The molecule has 4 heteroatoms. The van der Waals surface area contributed by atoms with Gasteiger partial charge in [-0.25, -0.2) is 0 Å². The van der Waals surface area contributed by atoms with Crippen LogP contribution in [0.5, 0.6) is 0 Å². The van der Waals surface area contributed by atoms with Gasteiger partial charge in [-0.1, -0.05) is 25.9 Å². The van der Waals surface area contributed by atoms with E-state index in [1.807, 2.05) is 13.8 Å². The van der Waals surface area contributed by atoms with Crippen molar-refractivity contribution in [2.45, 2.75) is 57.5 Å². The molecule has 0 spiro atoms. The average molecular weight is 210 g/mol. The first kappa shape index (κ1) is 10.6. The third-order valence-corrected chi connectivity index (χ3v) is 3.37. The second kappa shape index (κ2) is 3.59. The van der Waals surface area contributed by atoms with Gasteiger partial charge in [-0.05, 0) is 19.3 Å². The third-order valence-electron chi connectivity index (χ3n) is 3.37. The molecule has 2 atom stereocenters. The Balaban J connectivity index is 2.13. The summed E-state index contributed by atoms with van der Waals surface area (Å²) in [5, 5.41) is 13.7. The number of hydrogen-bond donors (Lipinski definition) is 1.